The van der Waals surface area contributed by atoms with E-state index in [1.54, 1.807) is 6.08 Å². The molecule has 0 radical (unpaired) electrons. The van der Waals surface area contributed by atoms with E-state index >= 15 is 0 Å². The minimum atomic E-state index is -0.980. The molecule has 5 heteroatoms. The average molecular weight is 202 g/mol. The third kappa shape index (κ3) is 6.05. The Morgan fingerprint density at radius 1 is 1.43 bits per heavy atom. The topological polar surface area (TPSA) is 83.8 Å². The molecule has 0 amide bonds. The molecule has 0 aliphatic carbocycles. The van der Waals surface area contributed by atoms with E-state index < -0.39 is 17.9 Å². The molecule has 0 aromatic rings. The highest BCUT2D eigenvalue weighted by molar-refractivity contribution is 5.72. The van der Waals surface area contributed by atoms with E-state index in [0.717, 1.165) is 0 Å². The lowest BCUT2D eigenvalue weighted by atomic mass is 10.00. The lowest BCUT2D eigenvalue weighted by Gasteiger charge is -2.07. The normalized spacial score (nSPS) is 12.6. The van der Waals surface area contributed by atoms with Gasteiger partial charge in [-0.25, -0.2) is 0 Å². The van der Waals surface area contributed by atoms with Crippen LogP contribution in [0.15, 0.2) is 12.3 Å². The van der Waals surface area contributed by atoms with Gasteiger partial charge in [-0.2, -0.15) is 0 Å². The molecule has 0 saturated heterocycles. The van der Waals surface area contributed by atoms with Crippen LogP contribution in [0.3, 0.4) is 0 Å². The lowest BCUT2D eigenvalue weighted by Crippen LogP contribution is -2.14. The fourth-order valence-corrected chi connectivity index (χ4v) is 0.956. The van der Waals surface area contributed by atoms with Crippen molar-refractivity contribution < 1.29 is 24.5 Å². The molecule has 80 valence electrons. The fraction of sp³-hybridized carbons (Fsp3) is 0.556. The van der Waals surface area contributed by atoms with Crippen LogP contribution in [0.2, 0.25) is 0 Å². The van der Waals surface area contributed by atoms with Crippen LogP contribution in [-0.4, -0.2) is 29.3 Å². The van der Waals surface area contributed by atoms with Crippen molar-refractivity contribution in [2.75, 3.05) is 7.11 Å². The number of hydrogen-bond acceptors (Lipinski definition) is 3. The van der Waals surface area contributed by atoms with E-state index in [0.29, 0.717) is 0 Å². The van der Waals surface area contributed by atoms with Crippen molar-refractivity contribution in [3.05, 3.63) is 12.3 Å². The predicted molar refractivity (Wildman–Crippen MR) is 48.8 cm³/mol. The van der Waals surface area contributed by atoms with Gasteiger partial charge in [0.25, 0.3) is 0 Å². The number of aliphatic carboxylic acids is 2. The van der Waals surface area contributed by atoms with Crippen LogP contribution in [0.5, 0.6) is 0 Å². The number of rotatable bonds is 7. The number of carbonyl (C=O) groups is 2. The molecule has 0 aliphatic rings. The zero-order valence-electron chi connectivity index (χ0n) is 7.97. The molecular formula is C9H14O5. The van der Waals surface area contributed by atoms with Crippen molar-refractivity contribution >= 4 is 11.9 Å². The molecule has 0 rings (SSSR count). The van der Waals surface area contributed by atoms with Crippen molar-refractivity contribution in [2.24, 2.45) is 5.92 Å². The number of allylic oxidation sites excluding steroid dienone is 1. The zero-order chi connectivity index (χ0) is 11.0. The van der Waals surface area contributed by atoms with Gasteiger partial charge in [0.2, 0.25) is 0 Å². The van der Waals surface area contributed by atoms with Gasteiger partial charge in [0, 0.05) is 6.42 Å². The van der Waals surface area contributed by atoms with Crippen LogP contribution in [0.1, 0.15) is 19.3 Å². The molecule has 14 heavy (non-hydrogen) atoms. The van der Waals surface area contributed by atoms with Crippen molar-refractivity contribution in [3.8, 4) is 0 Å². The first kappa shape index (κ1) is 12.5. The predicted octanol–water partition coefficient (Wildman–Crippen LogP) is 1.10. The summed E-state index contributed by atoms with van der Waals surface area (Å²) >= 11 is 0. The largest absolute Gasteiger partial charge is 0.505 e. The van der Waals surface area contributed by atoms with Gasteiger partial charge < -0.3 is 14.9 Å². The van der Waals surface area contributed by atoms with Crippen LogP contribution in [0.4, 0.5) is 0 Å². The Bertz CT molecular complexity index is 221. The summed E-state index contributed by atoms with van der Waals surface area (Å²) in [5.41, 5.74) is 0. The Morgan fingerprint density at radius 2 is 2.07 bits per heavy atom. The van der Waals surface area contributed by atoms with E-state index in [4.69, 9.17) is 10.2 Å². The number of ether oxygens (including phenoxy) is 1. The number of methoxy groups -OCH3 is 1. The molecule has 1 unspecified atom stereocenters. The summed E-state index contributed by atoms with van der Waals surface area (Å²) in [5, 5.41) is 17.1. The minimum Gasteiger partial charge on any atom is -0.505 e. The maximum Gasteiger partial charge on any atom is 0.306 e. The van der Waals surface area contributed by atoms with E-state index in [2.05, 4.69) is 4.74 Å². The first-order valence-electron chi connectivity index (χ1n) is 4.20. The third-order valence-electron chi connectivity index (χ3n) is 1.71. The molecule has 5 nitrogen and oxygen atoms in total. The summed E-state index contributed by atoms with van der Waals surface area (Å²) in [6.07, 6.45) is 3.25. The number of hydrogen-bond donors (Lipinski definition) is 2. The summed E-state index contributed by atoms with van der Waals surface area (Å²) in [7, 11) is 1.46. The van der Waals surface area contributed by atoms with Crippen LogP contribution in [0.25, 0.3) is 0 Å². The Morgan fingerprint density at radius 3 is 2.50 bits per heavy atom. The second-order valence-corrected chi connectivity index (χ2v) is 2.81. The van der Waals surface area contributed by atoms with Crippen molar-refractivity contribution in [3.63, 3.8) is 0 Å². The SMILES string of the molecule is COC=CCC(CCC(=O)O)C(=O)O. The Hall–Kier alpha value is -1.52. The van der Waals surface area contributed by atoms with Gasteiger partial charge in [-0.1, -0.05) is 0 Å². The summed E-state index contributed by atoms with van der Waals surface area (Å²) in [6.45, 7) is 0. The Balaban J connectivity index is 3.96. The molecule has 1 atom stereocenters. The van der Waals surface area contributed by atoms with Gasteiger partial charge >= 0.3 is 11.9 Å². The van der Waals surface area contributed by atoms with Gasteiger partial charge in [0.05, 0.1) is 19.3 Å². The molecular weight excluding hydrogens is 188 g/mol. The maximum atomic E-state index is 10.6. The van der Waals surface area contributed by atoms with Gasteiger partial charge in [-0.3, -0.25) is 9.59 Å². The maximum absolute atomic E-state index is 10.6. The van der Waals surface area contributed by atoms with E-state index in [-0.39, 0.29) is 19.3 Å². The second kappa shape index (κ2) is 6.94. The quantitative estimate of drug-likeness (QED) is 0.604. The van der Waals surface area contributed by atoms with Crippen molar-refractivity contribution in [2.45, 2.75) is 19.3 Å². The van der Waals surface area contributed by atoms with Gasteiger partial charge in [-0.05, 0) is 18.9 Å². The van der Waals surface area contributed by atoms with Crippen LogP contribution >= 0.6 is 0 Å². The molecule has 0 heterocycles. The molecule has 2 N–H and O–H groups in total. The first-order chi connectivity index (χ1) is 6.57. The highest BCUT2D eigenvalue weighted by Gasteiger charge is 2.16. The van der Waals surface area contributed by atoms with Crippen LogP contribution in [-0.2, 0) is 14.3 Å². The number of carboxylic acids is 2. The highest BCUT2D eigenvalue weighted by atomic mass is 16.5. The molecule has 0 aromatic heterocycles. The lowest BCUT2D eigenvalue weighted by molar-refractivity contribution is -0.142. The summed E-state index contributed by atoms with van der Waals surface area (Å²) in [5.74, 6) is -2.61. The molecule has 0 aromatic carbocycles. The van der Waals surface area contributed by atoms with E-state index in [1.165, 1.54) is 13.4 Å². The number of carboxylic acid groups (broad SMARTS) is 2. The van der Waals surface area contributed by atoms with Gasteiger partial charge in [0.15, 0.2) is 0 Å². The first-order valence-corrected chi connectivity index (χ1v) is 4.20. The Labute approximate surface area is 82.0 Å². The zero-order valence-corrected chi connectivity index (χ0v) is 7.97. The molecule has 0 spiro atoms. The fourth-order valence-electron chi connectivity index (χ4n) is 0.956. The van der Waals surface area contributed by atoms with Gasteiger partial charge in [-0.15, -0.1) is 0 Å². The third-order valence-corrected chi connectivity index (χ3v) is 1.71. The van der Waals surface area contributed by atoms with E-state index in [1.807, 2.05) is 0 Å². The van der Waals surface area contributed by atoms with Crippen LogP contribution in [0, 0.1) is 5.92 Å². The standard InChI is InChI=1S/C9H14O5/c1-14-6-2-3-7(9(12)13)4-5-8(10)11/h2,6-7H,3-5H2,1H3,(H,10,11)(H,12,13). The highest BCUT2D eigenvalue weighted by Crippen LogP contribution is 2.12. The van der Waals surface area contributed by atoms with Crippen molar-refractivity contribution in [1.82, 2.24) is 0 Å². The van der Waals surface area contributed by atoms with Gasteiger partial charge in [0.1, 0.15) is 0 Å². The monoisotopic (exact) mass is 202 g/mol. The Kier molecular flexibility index (Phi) is 6.19. The summed E-state index contributed by atoms with van der Waals surface area (Å²) in [6, 6.07) is 0. The minimum absolute atomic E-state index is 0.127. The molecule has 0 fully saturated rings. The van der Waals surface area contributed by atoms with Crippen LogP contribution < -0.4 is 0 Å². The van der Waals surface area contributed by atoms with E-state index in [9.17, 15) is 9.59 Å². The smallest absolute Gasteiger partial charge is 0.306 e. The van der Waals surface area contributed by atoms with Crippen molar-refractivity contribution in [1.29, 1.82) is 0 Å². The molecule has 0 aliphatic heterocycles. The molecule has 0 bridgehead atoms. The molecule has 0 saturated carbocycles. The second-order valence-electron chi connectivity index (χ2n) is 2.81. The average Bonchev–Trinajstić information content (AvgIpc) is 2.10. The summed E-state index contributed by atoms with van der Waals surface area (Å²) < 4.78 is 4.61. The summed E-state index contributed by atoms with van der Waals surface area (Å²) in [4.78, 5) is 20.9.